The lowest BCUT2D eigenvalue weighted by atomic mass is 10.2. The van der Waals surface area contributed by atoms with Crippen LogP contribution in [0.1, 0.15) is 10.4 Å². The normalized spacial score (nSPS) is 11.4. The number of hydrogen-bond acceptors (Lipinski definition) is 3. The van der Waals surface area contributed by atoms with Gasteiger partial charge in [0.15, 0.2) is 0 Å². The molecule has 0 aromatic heterocycles. The zero-order valence-corrected chi connectivity index (χ0v) is 12.6. The lowest BCUT2D eigenvalue weighted by Crippen LogP contribution is -2.12. The second kappa shape index (κ2) is 7.52. The number of hydrogen-bond donors (Lipinski definition) is 1. The van der Waals surface area contributed by atoms with Gasteiger partial charge in [0.05, 0.1) is 0 Å². The highest BCUT2D eigenvalue weighted by Crippen LogP contribution is 2.36. The topological polar surface area (TPSA) is 38.3 Å². The van der Waals surface area contributed by atoms with Crippen LogP contribution in [0.15, 0.2) is 53.4 Å². The van der Waals surface area contributed by atoms with Gasteiger partial charge in [-0.2, -0.15) is 22.0 Å². The Balaban J connectivity index is 2.04. The highest BCUT2D eigenvalue weighted by Gasteiger charge is 2.29. The summed E-state index contributed by atoms with van der Waals surface area (Å²) in [6.45, 7) is -2.99. The molecule has 0 atom stereocenters. The summed E-state index contributed by atoms with van der Waals surface area (Å²) in [5.74, 6) is -0.715. The molecule has 2 aromatic rings. The average Bonchev–Trinajstić information content (AvgIpc) is 2.46. The molecule has 1 amide bonds. The minimum Gasteiger partial charge on any atom is -0.435 e. The van der Waals surface area contributed by atoms with Crippen molar-refractivity contribution in [3.05, 3.63) is 54.1 Å². The zero-order valence-electron chi connectivity index (χ0n) is 11.8. The van der Waals surface area contributed by atoms with Gasteiger partial charge in [-0.3, -0.25) is 4.79 Å². The van der Waals surface area contributed by atoms with Gasteiger partial charge in [0.1, 0.15) is 5.75 Å². The second-order valence-corrected chi connectivity index (χ2v) is 5.57. The van der Waals surface area contributed by atoms with Crippen molar-refractivity contribution in [2.24, 2.45) is 0 Å². The van der Waals surface area contributed by atoms with E-state index in [9.17, 15) is 26.7 Å². The van der Waals surface area contributed by atoms with E-state index in [0.29, 0.717) is 0 Å². The summed E-state index contributed by atoms with van der Waals surface area (Å²) in [5.41, 5.74) is -4.07. The Bertz CT molecular complexity index is 704. The van der Waals surface area contributed by atoms with E-state index < -0.39 is 18.0 Å². The lowest BCUT2D eigenvalue weighted by Gasteiger charge is -2.09. The van der Waals surface area contributed by atoms with Crippen molar-refractivity contribution in [2.75, 3.05) is 5.32 Å². The largest absolute Gasteiger partial charge is 0.446 e. The van der Waals surface area contributed by atoms with Crippen molar-refractivity contribution in [1.29, 1.82) is 0 Å². The minimum atomic E-state index is -4.41. The number of carbonyl (C=O) groups excluding carboxylic acids is 1. The summed E-state index contributed by atoms with van der Waals surface area (Å²) in [7, 11) is 0. The second-order valence-electron chi connectivity index (χ2n) is 4.43. The fourth-order valence-corrected chi connectivity index (χ4v) is 2.30. The van der Waals surface area contributed by atoms with Gasteiger partial charge >= 0.3 is 12.1 Å². The van der Waals surface area contributed by atoms with Gasteiger partial charge in [0, 0.05) is 22.2 Å². The number of halogens is 5. The lowest BCUT2D eigenvalue weighted by molar-refractivity contribution is -0.0498. The Labute approximate surface area is 137 Å². The number of alkyl halides is 5. The molecule has 0 aliphatic carbocycles. The molecule has 0 aliphatic rings. The molecule has 0 heterocycles. The van der Waals surface area contributed by atoms with E-state index in [2.05, 4.69) is 10.1 Å². The molecule has 24 heavy (non-hydrogen) atoms. The summed E-state index contributed by atoms with van der Waals surface area (Å²) in [6, 6.07) is 10.2. The summed E-state index contributed by atoms with van der Waals surface area (Å²) >= 11 is -0.287. The van der Waals surface area contributed by atoms with Crippen molar-refractivity contribution < 1.29 is 31.5 Å². The van der Waals surface area contributed by atoms with E-state index >= 15 is 0 Å². The molecular weight excluding hydrogens is 353 g/mol. The standard InChI is InChI=1S/C15H10F5NO2S/c16-14(17)23-11-3-1-2-10(8-11)21-13(22)9-4-6-12(7-5-9)24-15(18,19)20/h1-8,14H,(H,21,22). The maximum absolute atomic E-state index is 12.2. The van der Waals surface area contributed by atoms with Gasteiger partial charge in [-0.1, -0.05) is 6.07 Å². The first-order chi connectivity index (χ1) is 11.2. The first-order valence-corrected chi connectivity index (χ1v) is 7.26. The number of ether oxygens (including phenoxy) is 1. The molecule has 2 aromatic carbocycles. The Morgan fingerprint density at radius 1 is 1.08 bits per heavy atom. The third-order valence-corrected chi connectivity index (χ3v) is 3.41. The molecule has 0 unspecified atom stereocenters. The molecule has 0 saturated carbocycles. The summed E-state index contributed by atoms with van der Waals surface area (Å²) in [6.07, 6.45) is 0. The summed E-state index contributed by atoms with van der Waals surface area (Å²) < 4.78 is 65.2. The number of thioether (sulfide) groups is 1. The van der Waals surface area contributed by atoms with Gasteiger partial charge in [-0.05, 0) is 48.2 Å². The summed E-state index contributed by atoms with van der Waals surface area (Å²) in [5, 5.41) is 2.45. The van der Waals surface area contributed by atoms with Crippen LogP contribution in [-0.4, -0.2) is 18.0 Å². The summed E-state index contributed by atoms with van der Waals surface area (Å²) in [4.78, 5) is 12.0. The molecular formula is C15H10F5NO2S. The van der Waals surface area contributed by atoms with Gasteiger partial charge in [0.2, 0.25) is 0 Å². The predicted molar refractivity (Wildman–Crippen MR) is 79.4 cm³/mol. The Morgan fingerprint density at radius 2 is 1.75 bits per heavy atom. The van der Waals surface area contributed by atoms with Crippen molar-refractivity contribution in [2.45, 2.75) is 17.0 Å². The van der Waals surface area contributed by atoms with Crippen LogP contribution in [0.25, 0.3) is 0 Å². The predicted octanol–water partition coefficient (Wildman–Crippen LogP) is 5.15. The van der Waals surface area contributed by atoms with E-state index in [1.807, 2.05) is 0 Å². The van der Waals surface area contributed by atoms with E-state index in [1.54, 1.807) is 0 Å². The van der Waals surface area contributed by atoms with Crippen LogP contribution >= 0.6 is 11.8 Å². The molecule has 0 aliphatic heterocycles. The van der Waals surface area contributed by atoms with Gasteiger partial charge in [-0.15, -0.1) is 0 Å². The van der Waals surface area contributed by atoms with Crippen LogP contribution in [-0.2, 0) is 0 Å². The quantitative estimate of drug-likeness (QED) is 0.590. The minimum absolute atomic E-state index is 0.0496. The first-order valence-electron chi connectivity index (χ1n) is 6.45. The highest BCUT2D eigenvalue weighted by atomic mass is 32.2. The molecule has 128 valence electrons. The number of benzene rings is 2. The van der Waals surface area contributed by atoms with Crippen molar-refractivity contribution in [3.8, 4) is 5.75 Å². The molecule has 2 rings (SSSR count). The molecule has 0 saturated heterocycles. The van der Waals surface area contributed by atoms with Crippen LogP contribution in [0.2, 0.25) is 0 Å². The van der Waals surface area contributed by atoms with Crippen LogP contribution in [0.4, 0.5) is 27.6 Å². The Morgan fingerprint density at radius 3 is 2.33 bits per heavy atom. The molecule has 0 radical (unpaired) electrons. The van der Waals surface area contributed by atoms with Gasteiger partial charge in [-0.25, -0.2) is 0 Å². The first kappa shape index (κ1) is 18.1. The molecule has 0 spiro atoms. The van der Waals surface area contributed by atoms with Crippen LogP contribution in [0.5, 0.6) is 5.75 Å². The van der Waals surface area contributed by atoms with E-state index in [4.69, 9.17) is 0 Å². The van der Waals surface area contributed by atoms with E-state index in [0.717, 1.165) is 0 Å². The zero-order chi connectivity index (χ0) is 17.7. The van der Waals surface area contributed by atoms with Crippen LogP contribution in [0, 0.1) is 0 Å². The third kappa shape index (κ3) is 5.73. The SMILES string of the molecule is O=C(Nc1cccc(OC(F)F)c1)c1ccc(SC(F)(F)F)cc1. The van der Waals surface area contributed by atoms with Crippen LogP contribution < -0.4 is 10.1 Å². The maximum Gasteiger partial charge on any atom is 0.446 e. The third-order valence-electron chi connectivity index (χ3n) is 2.67. The fraction of sp³-hybridized carbons (Fsp3) is 0.133. The van der Waals surface area contributed by atoms with E-state index in [-0.39, 0.29) is 33.7 Å². The fourth-order valence-electron chi connectivity index (χ4n) is 1.76. The number of amides is 1. The van der Waals surface area contributed by atoms with Crippen molar-refractivity contribution >= 4 is 23.4 Å². The molecule has 3 nitrogen and oxygen atoms in total. The van der Waals surface area contributed by atoms with Gasteiger partial charge < -0.3 is 10.1 Å². The van der Waals surface area contributed by atoms with Crippen molar-refractivity contribution in [3.63, 3.8) is 0 Å². The van der Waals surface area contributed by atoms with Crippen molar-refractivity contribution in [1.82, 2.24) is 0 Å². The molecule has 9 heteroatoms. The number of nitrogens with one attached hydrogen (secondary N) is 1. The maximum atomic E-state index is 12.2. The Kier molecular flexibility index (Phi) is 5.66. The molecule has 1 N–H and O–H groups in total. The molecule has 0 bridgehead atoms. The molecule has 0 fully saturated rings. The van der Waals surface area contributed by atoms with Gasteiger partial charge in [0.25, 0.3) is 5.91 Å². The number of rotatable bonds is 5. The highest BCUT2D eigenvalue weighted by molar-refractivity contribution is 8.00. The van der Waals surface area contributed by atoms with E-state index in [1.165, 1.54) is 48.5 Å². The number of carbonyl (C=O) groups is 1. The monoisotopic (exact) mass is 363 g/mol. The Hall–Kier alpha value is -2.29. The van der Waals surface area contributed by atoms with Crippen LogP contribution in [0.3, 0.4) is 0 Å². The average molecular weight is 363 g/mol. The smallest absolute Gasteiger partial charge is 0.435 e. The number of anilines is 1.